The second-order valence-corrected chi connectivity index (χ2v) is 8.47. The van der Waals surface area contributed by atoms with Crippen LogP contribution in [0, 0.1) is 0 Å². The van der Waals surface area contributed by atoms with Gasteiger partial charge in [-0.2, -0.15) is 0 Å². The first-order valence-electron chi connectivity index (χ1n) is 11.1. The van der Waals surface area contributed by atoms with Crippen molar-refractivity contribution in [3.63, 3.8) is 0 Å². The zero-order chi connectivity index (χ0) is 21.8. The number of likely N-dealkylation sites (tertiary alicyclic amines) is 1. The minimum atomic E-state index is -0.850. The van der Waals surface area contributed by atoms with Gasteiger partial charge in [0.2, 0.25) is 11.8 Å². The van der Waals surface area contributed by atoms with Gasteiger partial charge in [-0.05, 0) is 31.4 Å². The lowest BCUT2D eigenvalue weighted by Gasteiger charge is -2.38. The Hall–Kier alpha value is -2.65. The summed E-state index contributed by atoms with van der Waals surface area (Å²) >= 11 is 0. The van der Waals surface area contributed by atoms with Crippen molar-refractivity contribution in [1.29, 1.82) is 0 Å². The fraction of sp³-hybridized carbons (Fsp3) is 0.591. The Bertz CT molecular complexity index is 818. The van der Waals surface area contributed by atoms with E-state index in [0.29, 0.717) is 18.0 Å². The summed E-state index contributed by atoms with van der Waals surface area (Å²) in [5.74, 6) is 0.0396. The Balaban J connectivity index is 1.30. The van der Waals surface area contributed by atoms with E-state index in [0.717, 1.165) is 52.1 Å². The van der Waals surface area contributed by atoms with E-state index in [1.807, 2.05) is 17.0 Å². The lowest BCUT2D eigenvalue weighted by Crippen LogP contribution is -2.55. The molecule has 9 nitrogen and oxygen atoms in total. The SMILES string of the molecule is NC(=O)[C@@H]1CN(C(=O)CN2CCN(CC(=O)N3CCCCC3)CC2)c2ccccc2O1. The highest BCUT2D eigenvalue weighted by Gasteiger charge is 2.33. The van der Waals surface area contributed by atoms with E-state index in [9.17, 15) is 14.4 Å². The molecule has 0 saturated carbocycles. The van der Waals surface area contributed by atoms with Gasteiger partial charge >= 0.3 is 0 Å². The summed E-state index contributed by atoms with van der Waals surface area (Å²) < 4.78 is 5.64. The summed E-state index contributed by atoms with van der Waals surface area (Å²) in [6, 6.07) is 7.19. The van der Waals surface area contributed by atoms with Gasteiger partial charge < -0.3 is 20.3 Å². The maximum Gasteiger partial charge on any atom is 0.260 e. The minimum Gasteiger partial charge on any atom is -0.477 e. The van der Waals surface area contributed by atoms with Gasteiger partial charge in [-0.1, -0.05) is 12.1 Å². The molecule has 0 aromatic heterocycles. The van der Waals surface area contributed by atoms with Crippen molar-refractivity contribution in [2.75, 3.05) is 63.8 Å². The van der Waals surface area contributed by atoms with Crippen molar-refractivity contribution < 1.29 is 19.1 Å². The predicted molar refractivity (Wildman–Crippen MR) is 116 cm³/mol. The number of anilines is 1. The third kappa shape index (κ3) is 5.16. The number of fused-ring (bicyclic) bond motifs is 1. The van der Waals surface area contributed by atoms with Gasteiger partial charge in [0, 0.05) is 39.3 Å². The largest absolute Gasteiger partial charge is 0.477 e. The quantitative estimate of drug-likeness (QED) is 0.702. The lowest BCUT2D eigenvalue weighted by molar-refractivity contribution is -0.134. The molecule has 3 aliphatic heterocycles. The van der Waals surface area contributed by atoms with Crippen LogP contribution in [0.5, 0.6) is 5.75 Å². The van der Waals surface area contributed by atoms with Gasteiger partial charge in [-0.3, -0.25) is 24.2 Å². The molecule has 0 aliphatic carbocycles. The first-order chi connectivity index (χ1) is 15.0. The number of hydrogen-bond donors (Lipinski definition) is 1. The highest BCUT2D eigenvalue weighted by molar-refractivity contribution is 5.98. The second kappa shape index (κ2) is 9.65. The smallest absolute Gasteiger partial charge is 0.260 e. The molecule has 3 heterocycles. The molecule has 1 atom stereocenters. The molecule has 0 unspecified atom stereocenters. The number of nitrogens with two attached hydrogens (primary N) is 1. The molecular formula is C22H31N5O4. The van der Waals surface area contributed by atoms with Crippen molar-refractivity contribution in [2.45, 2.75) is 25.4 Å². The Morgan fingerprint density at radius 1 is 0.871 bits per heavy atom. The molecule has 2 N–H and O–H groups in total. The van der Waals surface area contributed by atoms with E-state index >= 15 is 0 Å². The molecule has 3 amide bonds. The predicted octanol–water partition coefficient (Wildman–Crippen LogP) is -0.104. The number of primary amides is 1. The second-order valence-electron chi connectivity index (χ2n) is 8.47. The van der Waals surface area contributed by atoms with E-state index < -0.39 is 12.0 Å². The highest BCUT2D eigenvalue weighted by Crippen LogP contribution is 2.33. The third-order valence-corrected chi connectivity index (χ3v) is 6.28. The molecule has 1 aromatic carbocycles. The van der Waals surface area contributed by atoms with E-state index in [1.54, 1.807) is 17.0 Å². The van der Waals surface area contributed by atoms with Gasteiger partial charge in [0.05, 0.1) is 25.3 Å². The monoisotopic (exact) mass is 429 g/mol. The van der Waals surface area contributed by atoms with Crippen LogP contribution in [0.3, 0.4) is 0 Å². The van der Waals surface area contributed by atoms with Gasteiger partial charge in [-0.15, -0.1) is 0 Å². The lowest BCUT2D eigenvalue weighted by atomic mass is 10.1. The van der Waals surface area contributed by atoms with Crippen LogP contribution in [0.2, 0.25) is 0 Å². The number of piperidine rings is 1. The number of nitrogens with zero attached hydrogens (tertiary/aromatic N) is 4. The Labute approximate surface area is 182 Å². The molecule has 2 saturated heterocycles. The van der Waals surface area contributed by atoms with Crippen molar-refractivity contribution in [1.82, 2.24) is 14.7 Å². The molecule has 0 bridgehead atoms. The van der Waals surface area contributed by atoms with E-state index in [4.69, 9.17) is 10.5 Å². The molecular weight excluding hydrogens is 398 g/mol. The summed E-state index contributed by atoms with van der Waals surface area (Å²) in [5.41, 5.74) is 6.09. The number of ether oxygens (including phenoxy) is 1. The van der Waals surface area contributed by atoms with Crippen molar-refractivity contribution >= 4 is 23.4 Å². The molecule has 3 aliphatic rings. The number of carbonyl (C=O) groups excluding carboxylic acids is 3. The number of amides is 3. The van der Waals surface area contributed by atoms with Crippen LogP contribution in [0.4, 0.5) is 5.69 Å². The summed E-state index contributed by atoms with van der Waals surface area (Å²) in [5, 5.41) is 0. The Kier molecular flexibility index (Phi) is 6.72. The van der Waals surface area contributed by atoms with E-state index in [-0.39, 0.29) is 24.9 Å². The van der Waals surface area contributed by atoms with Gasteiger partial charge in [0.25, 0.3) is 5.91 Å². The molecule has 0 radical (unpaired) electrons. The molecule has 9 heteroatoms. The number of piperazine rings is 1. The first kappa shape index (κ1) is 21.6. The number of para-hydroxylation sites is 2. The number of benzene rings is 1. The van der Waals surface area contributed by atoms with Crippen LogP contribution in [0.15, 0.2) is 24.3 Å². The third-order valence-electron chi connectivity index (χ3n) is 6.28. The van der Waals surface area contributed by atoms with Crippen molar-refractivity contribution in [2.24, 2.45) is 5.73 Å². The Morgan fingerprint density at radius 2 is 1.48 bits per heavy atom. The maximum absolute atomic E-state index is 13.1. The zero-order valence-electron chi connectivity index (χ0n) is 17.9. The average Bonchev–Trinajstić information content (AvgIpc) is 2.80. The summed E-state index contributed by atoms with van der Waals surface area (Å²) in [7, 11) is 0. The van der Waals surface area contributed by atoms with Crippen LogP contribution in [-0.4, -0.2) is 97.4 Å². The summed E-state index contributed by atoms with van der Waals surface area (Å²) in [6.45, 7) is 5.56. The maximum atomic E-state index is 13.1. The standard InChI is InChI=1S/C22H31N5O4/c23-22(30)19-14-27(17-6-2-3-7-18(17)31-19)21(29)16-25-12-10-24(11-13-25)15-20(28)26-8-4-1-5-9-26/h2-3,6-7,19H,1,4-5,8-16H2,(H2,23,30)/t19-/m0/s1. The first-order valence-corrected chi connectivity index (χ1v) is 11.1. The van der Waals surface area contributed by atoms with Crippen LogP contribution in [0.25, 0.3) is 0 Å². The van der Waals surface area contributed by atoms with Gasteiger partial charge in [-0.25, -0.2) is 0 Å². The van der Waals surface area contributed by atoms with Crippen LogP contribution < -0.4 is 15.4 Å². The zero-order valence-corrected chi connectivity index (χ0v) is 17.9. The fourth-order valence-corrected chi connectivity index (χ4v) is 4.44. The topological polar surface area (TPSA) is 99.4 Å². The normalized spacial score (nSPS) is 22.5. The Morgan fingerprint density at radius 3 is 2.13 bits per heavy atom. The molecule has 1 aromatic rings. The fourth-order valence-electron chi connectivity index (χ4n) is 4.44. The van der Waals surface area contributed by atoms with Crippen LogP contribution in [0.1, 0.15) is 19.3 Å². The number of hydrogen-bond acceptors (Lipinski definition) is 6. The summed E-state index contributed by atoms with van der Waals surface area (Å²) in [4.78, 5) is 45.1. The van der Waals surface area contributed by atoms with Gasteiger partial charge in [0.15, 0.2) is 6.10 Å². The number of carbonyl (C=O) groups is 3. The molecule has 2 fully saturated rings. The molecule has 31 heavy (non-hydrogen) atoms. The van der Waals surface area contributed by atoms with E-state index in [1.165, 1.54) is 6.42 Å². The van der Waals surface area contributed by atoms with E-state index in [2.05, 4.69) is 9.80 Å². The number of rotatable bonds is 5. The molecule has 0 spiro atoms. The van der Waals surface area contributed by atoms with Gasteiger partial charge in [0.1, 0.15) is 5.75 Å². The van der Waals surface area contributed by atoms with Crippen molar-refractivity contribution in [3.8, 4) is 5.75 Å². The van der Waals surface area contributed by atoms with Crippen molar-refractivity contribution in [3.05, 3.63) is 24.3 Å². The minimum absolute atomic E-state index is 0.0835. The molecule has 4 rings (SSSR count). The average molecular weight is 430 g/mol. The van der Waals surface area contributed by atoms with Crippen LogP contribution in [-0.2, 0) is 14.4 Å². The highest BCUT2D eigenvalue weighted by atomic mass is 16.5. The molecule has 168 valence electrons. The summed E-state index contributed by atoms with van der Waals surface area (Å²) in [6.07, 6.45) is 2.56. The van der Waals surface area contributed by atoms with Crippen LogP contribution >= 0.6 is 0 Å².